The van der Waals surface area contributed by atoms with E-state index in [-0.39, 0.29) is 25.2 Å². The zero-order valence-electron chi connectivity index (χ0n) is 12.5. The molecule has 1 atom stereocenters. The third-order valence-electron chi connectivity index (χ3n) is 2.86. The van der Waals surface area contributed by atoms with E-state index in [4.69, 9.17) is 14.6 Å². The maximum atomic E-state index is 11.6. The van der Waals surface area contributed by atoms with Gasteiger partial charge < -0.3 is 19.9 Å². The van der Waals surface area contributed by atoms with Crippen molar-refractivity contribution >= 4 is 11.9 Å². The molecule has 0 saturated heterocycles. The molecule has 6 nitrogen and oxygen atoms in total. The monoisotopic (exact) mass is 287 g/mol. The van der Waals surface area contributed by atoms with Crippen molar-refractivity contribution in [2.75, 3.05) is 19.8 Å². The van der Waals surface area contributed by atoms with Gasteiger partial charge in [0.2, 0.25) is 5.91 Å². The predicted molar refractivity (Wildman–Crippen MR) is 73.4 cm³/mol. The van der Waals surface area contributed by atoms with E-state index in [0.717, 1.165) is 12.8 Å². The highest BCUT2D eigenvalue weighted by Crippen LogP contribution is 2.28. The van der Waals surface area contributed by atoms with Crippen LogP contribution in [0.1, 0.15) is 40.0 Å². The Morgan fingerprint density at radius 2 is 2.00 bits per heavy atom. The van der Waals surface area contributed by atoms with Crippen LogP contribution in [0.2, 0.25) is 0 Å². The first-order chi connectivity index (χ1) is 9.28. The van der Waals surface area contributed by atoms with E-state index in [1.54, 1.807) is 0 Å². The summed E-state index contributed by atoms with van der Waals surface area (Å²) in [5.41, 5.74) is -0.319. The average molecular weight is 287 g/mol. The van der Waals surface area contributed by atoms with Gasteiger partial charge in [0.1, 0.15) is 12.6 Å². The molecule has 0 aromatic heterocycles. The van der Waals surface area contributed by atoms with Crippen LogP contribution in [-0.4, -0.2) is 48.4 Å². The molecule has 0 heterocycles. The Hall–Kier alpha value is -1.14. The molecule has 6 heteroatoms. The minimum Gasteiger partial charge on any atom is -0.480 e. The lowest BCUT2D eigenvalue weighted by atomic mass is 10.2. The van der Waals surface area contributed by atoms with Gasteiger partial charge in [-0.25, -0.2) is 4.79 Å². The third-order valence-corrected chi connectivity index (χ3v) is 2.86. The Kier molecular flexibility index (Phi) is 6.42. The fraction of sp³-hybridized carbons (Fsp3) is 0.857. The predicted octanol–water partition coefficient (Wildman–Crippen LogP) is 1.19. The number of amides is 1. The zero-order chi connectivity index (χ0) is 15.2. The molecule has 116 valence electrons. The summed E-state index contributed by atoms with van der Waals surface area (Å²) in [6.07, 6.45) is 2.55. The second-order valence-electron chi connectivity index (χ2n) is 6.17. The SMILES string of the molecule is CC(C)(C)OCCC(NC(=O)COCC1CC1)C(=O)O. The van der Waals surface area contributed by atoms with E-state index < -0.39 is 17.9 Å². The van der Waals surface area contributed by atoms with Gasteiger partial charge >= 0.3 is 5.97 Å². The van der Waals surface area contributed by atoms with Crippen LogP contribution in [0.15, 0.2) is 0 Å². The number of hydrogen-bond acceptors (Lipinski definition) is 4. The molecule has 1 aliphatic rings. The Morgan fingerprint density at radius 3 is 2.50 bits per heavy atom. The van der Waals surface area contributed by atoms with Crippen molar-refractivity contribution in [2.24, 2.45) is 5.92 Å². The Balaban J connectivity index is 2.22. The van der Waals surface area contributed by atoms with Crippen LogP contribution in [0, 0.1) is 5.92 Å². The summed E-state index contributed by atoms with van der Waals surface area (Å²) in [5, 5.41) is 11.5. The molecule has 0 radical (unpaired) electrons. The van der Waals surface area contributed by atoms with Crippen molar-refractivity contribution in [2.45, 2.75) is 51.7 Å². The van der Waals surface area contributed by atoms with Gasteiger partial charge in [0.15, 0.2) is 0 Å². The van der Waals surface area contributed by atoms with Crippen molar-refractivity contribution in [1.29, 1.82) is 0 Å². The van der Waals surface area contributed by atoms with E-state index in [9.17, 15) is 9.59 Å². The number of carbonyl (C=O) groups excluding carboxylic acids is 1. The third kappa shape index (κ3) is 8.12. The van der Waals surface area contributed by atoms with Crippen molar-refractivity contribution in [3.8, 4) is 0 Å². The number of nitrogens with one attached hydrogen (secondary N) is 1. The molecule has 1 fully saturated rings. The zero-order valence-corrected chi connectivity index (χ0v) is 12.5. The van der Waals surface area contributed by atoms with Crippen LogP contribution in [-0.2, 0) is 19.1 Å². The number of aliphatic carboxylic acids is 1. The van der Waals surface area contributed by atoms with E-state index >= 15 is 0 Å². The average Bonchev–Trinajstić information content (AvgIpc) is 3.10. The first kappa shape index (κ1) is 16.9. The first-order valence-electron chi connectivity index (χ1n) is 7.02. The topological polar surface area (TPSA) is 84.9 Å². The lowest BCUT2D eigenvalue weighted by Gasteiger charge is -2.21. The molecule has 1 saturated carbocycles. The van der Waals surface area contributed by atoms with E-state index in [0.29, 0.717) is 12.5 Å². The van der Waals surface area contributed by atoms with Crippen LogP contribution in [0.3, 0.4) is 0 Å². The maximum Gasteiger partial charge on any atom is 0.326 e. The Bertz CT molecular complexity index is 333. The van der Waals surface area contributed by atoms with Crippen molar-refractivity contribution in [3.63, 3.8) is 0 Å². The first-order valence-corrected chi connectivity index (χ1v) is 7.02. The van der Waals surface area contributed by atoms with Gasteiger partial charge in [0, 0.05) is 13.0 Å². The van der Waals surface area contributed by atoms with Gasteiger partial charge in [-0.15, -0.1) is 0 Å². The number of carboxylic acids is 1. The number of hydrogen-bond donors (Lipinski definition) is 2. The lowest BCUT2D eigenvalue weighted by molar-refractivity contribution is -0.143. The van der Waals surface area contributed by atoms with E-state index in [1.807, 2.05) is 20.8 Å². The largest absolute Gasteiger partial charge is 0.480 e. The highest BCUT2D eigenvalue weighted by atomic mass is 16.5. The fourth-order valence-electron chi connectivity index (χ4n) is 1.58. The minimum atomic E-state index is -1.06. The highest BCUT2D eigenvalue weighted by molar-refractivity contribution is 5.84. The Labute approximate surface area is 119 Å². The molecule has 20 heavy (non-hydrogen) atoms. The second-order valence-corrected chi connectivity index (χ2v) is 6.17. The van der Waals surface area contributed by atoms with Crippen LogP contribution >= 0.6 is 0 Å². The summed E-state index contributed by atoms with van der Waals surface area (Å²) in [7, 11) is 0. The van der Waals surface area contributed by atoms with Crippen LogP contribution in [0.25, 0.3) is 0 Å². The maximum absolute atomic E-state index is 11.6. The molecule has 0 bridgehead atoms. The fourth-order valence-corrected chi connectivity index (χ4v) is 1.58. The second kappa shape index (κ2) is 7.59. The minimum absolute atomic E-state index is 0.0829. The number of ether oxygens (including phenoxy) is 2. The van der Waals surface area contributed by atoms with Gasteiger partial charge in [-0.3, -0.25) is 4.79 Å². The molecular formula is C14H25NO5. The normalized spacial score (nSPS) is 16.8. The molecule has 0 aliphatic heterocycles. The van der Waals surface area contributed by atoms with E-state index in [2.05, 4.69) is 5.32 Å². The van der Waals surface area contributed by atoms with Crippen LogP contribution in [0.4, 0.5) is 0 Å². The highest BCUT2D eigenvalue weighted by Gasteiger charge is 2.23. The summed E-state index contributed by atoms with van der Waals surface area (Å²) < 4.78 is 10.7. The van der Waals surface area contributed by atoms with Crippen molar-refractivity contribution in [1.82, 2.24) is 5.32 Å². The smallest absolute Gasteiger partial charge is 0.326 e. The standard InChI is InChI=1S/C14H25NO5/c1-14(2,3)20-7-6-11(13(17)18)15-12(16)9-19-8-10-4-5-10/h10-11H,4-9H2,1-3H3,(H,15,16)(H,17,18). The molecule has 0 spiro atoms. The van der Waals surface area contributed by atoms with Gasteiger partial charge in [0.05, 0.1) is 12.2 Å². The molecular weight excluding hydrogens is 262 g/mol. The van der Waals surface area contributed by atoms with Crippen LogP contribution < -0.4 is 5.32 Å². The lowest BCUT2D eigenvalue weighted by Crippen LogP contribution is -2.43. The summed E-state index contributed by atoms with van der Waals surface area (Å²) in [5.74, 6) is -0.870. The molecule has 1 rings (SSSR count). The number of carbonyl (C=O) groups is 2. The van der Waals surface area contributed by atoms with Gasteiger partial charge in [0.25, 0.3) is 0 Å². The van der Waals surface area contributed by atoms with Crippen LogP contribution in [0.5, 0.6) is 0 Å². The van der Waals surface area contributed by atoms with Crippen molar-refractivity contribution < 1.29 is 24.2 Å². The molecule has 1 unspecified atom stereocenters. The van der Waals surface area contributed by atoms with Gasteiger partial charge in [-0.05, 0) is 39.5 Å². The number of rotatable bonds is 9. The van der Waals surface area contributed by atoms with Gasteiger partial charge in [-0.2, -0.15) is 0 Å². The Morgan fingerprint density at radius 1 is 1.35 bits per heavy atom. The molecule has 1 amide bonds. The molecule has 1 aliphatic carbocycles. The van der Waals surface area contributed by atoms with Gasteiger partial charge in [-0.1, -0.05) is 0 Å². The summed E-state index contributed by atoms with van der Waals surface area (Å²) in [4.78, 5) is 22.7. The summed E-state index contributed by atoms with van der Waals surface area (Å²) in [6.45, 7) is 6.47. The molecule has 0 aromatic rings. The van der Waals surface area contributed by atoms with Crippen molar-refractivity contribution in [3.05, 3.63) is 0 Å². The molecule has 2 N–H and O–H groups in total. The summed E-state index contributed by atoms with van der Waals surface area (Å²) in [6, 6.07) is -0.936. The van der Waals surface area contributed by atoms with E-state index in [1.165, 1.54) is 0 Å². The quantitative estimate of drug-likeness (QED) is 0.665. The summed E-state index contributed by atoms with van der Waals surface area (Å²) >= 11 is 0. The molecule has 0 aromatic carbocycles. The number of carboxylic acid groups (broad SMARTS) is 1.